The minimum absolute atomic E-state index is 0. The van der Waals surface area contributed by atoms with E-state index in [2.05, 4.69) is 0 Å². The van der Waals surface area contributed by atoms with Crippen molar-refractivity contribution in [3.05, 3.63) is 38.7 Å². The Bertz CT molecular complexity index is 696. The quantitative estimate of drug-likeness (QED) is 0.396. The van der Waals surface area contributed by atoms with Crippen LogP contribution in [-0.2, 0) is 0 Å². The molecule has 0 radical (unpaired) electrons. The number of rotatable bonds is 4. The van der Waals surface area contributed by atoms with Gasteiger partial charge in [0.25, 0.3) is 0 Å². The molecule has 2 rings (SSSR count). The fraction of sp³-hybridized carbons (Fsp3) is 0.250. The van der Waals surface area contributed by atoms with Gasteiger partial charge in [-0.25, -0.2) is 4.79 Å². The molecule has 0 aliphatic heterocycles. The zero-order valence-electron chi connectivity index (χ0n) is 10.1. The average Bonchev–Trinajstić information content (AvgIpc) is 2.35. The van der Waals surface area contributed by atoms with Gasteiger partial charge in [-0.3, -0.25) is 10.1 Å². The van der Waals surface area contributed by atoms with E-state index in [0.29, 0.717) is 12.4 Å². The maximum atomic E-state index is 11.4. The Kier molecular flexibility index (Phi) is 5.55. The van der Waals surface area contributed by atoms with Crippen molar-refractivity contribution in [2.75, 3.05) is 6.61 Å². The van der Waals surface area contributed by atoms with Crippen LogP contribution in [0.25, 0.3) is 11.0 Å². The molecule has 102 valence electrons. The number of fused-ring (bicyclic) bond motifs is 1. The summed E-state index contributed by atoms with van der Waals surface area (Å²) in [5, 5.41) is 20.5. The van der Waals surface area contributed by atoms with Crippen LogP contribution in [0.2, 0.25) is 0 Å². The van der Waals surface area contributed by atoms with E-state index in [1.807, 2.05) is 6.92 Å². The van der Waals surface area contributed by atoms with Gasteiger partial charge in [-0.05, 0) is 18.6 Å². The second-order valence-corrected chi connectivity index (χ2v) is 3.85. The first-order valence-corrected chi connectivity index (χ1v) is 5.61. The zero-order valence-corrected chi connectivity index (χ0v) is 10.1. The molecule has 0 saturated carbocycles. The van der Waals surface area contributed by atoms with Crippen LogP contribution in [0.1, 0.15) is 13.3 Å². The molecule has 0 atom stereocenters. The number of nitrogens with zero attached hydrogens (tertiary/aromatic N) is 1. The van der Waals surface area contributed by atoms with Crippen LogP contribution < -0.4 is 10.4 Å². The molecule has 0 amide bonds. The van der Waals surface area contributed by atoms with E-state index in [0.717, 1.165) is 6.42 Å². The summed E-state index contributed by atoms with van der Waals surface area (Å²) in [6, 6.07) is 4.36. The standard InChI is InChI=1S/C12H11NO6.Na.H/c1-2-5-18-7-3-4-8-9(6-7)19-12(15)10(11(8)14)13(16)17;;/h3-4,6,14H,2,5H2,1H3;;. The topological polar surface area (TPSA) is 103 Å². The van der Waals surface area contributed by atoms with E-state index in [1.54, 1.807) is 6.07 Å². The van der Waals surface area contributed by atoms with Crippen LogP contribution in [0, 0.1) is 10.1 Å². The third-order valence-electron chi connectivity index (χ3n) is 2.48. The summed E-state index contributed by atoms with van der Waals surface area (Å²) in [5.41, 5.74) is -2.11. The molecule has 20 heavy (non-hydrogen) atoms. The second-order valence-electron chi connectivity index (χ2n) is 3.85. The van der Waals surface area contributed by atoms with Crippen LogP contribution in [0.15, 0.2) is 27.4 Å². The SMILES string of the molecule is CCCOc1ccc2c(O)c([N+](=O)[O-])c(=O)oc2c1.[NaH]. The minimum atomic E-state index is -1.19. The molecule has 0 bridgehead atoms. The molecule has 8 heteroatoms. The third kappa shape index (κ3) is 3.12. The van der Waals surface area contributed by atoms with Crippen LogP contribution in [0.5, 0.6) is 11.5 Å². The maximum absolute atomic E-state index is 11.4. The van der Waals surface area contributed by atoms with E-state index in [1.165, 1.54) is 12.1 Å². The summed E-state index contributed by atoms with van der Waals surface area (Å²) < 4.78 is 10.2. The number of ether oxygens (including phenoxy) is 1. The first-order valence-electron chi connectivity index (χ1n) is 5.61. The molecule has 1 aromatic carbocycles. The molecule has 1 aromatic heterocycles. The summed E-state index contributed by atoms with van der Waals surface area (Å²) in [6.45, 7) is 2.44. The van der Waals surface area contributed by atoms with Gasteiger partial charge in [0, 0.05) is 6.07 Å². The van der Waals surface area contributed by atoms with E-state index in [-0.39, 0.29) is 40.5 Å². The molecular weight excluding hydrogens is 277 g/mol. The number of aromatic hydroxyl groups is 1. The monoisotopic (exact) mass is 289 g/mol. The Morgan fingerprint density at radius 3 is 2.75 bits per heavy atom. The van der Waals surface area contributed by atoms with Gasteiger partial charge in [-0.1, -0.05) is 6.92 Å². The van der Waals surface area contributed by atoms with Crippen LogP contribution in [0.4, 0.5) is 5.69 Å². The van der Waals surface area contributed by atoms with Gasteiger partial charge >= 0.3 is 40.9 Å². The van der Waals surface area contributed by atoms with Crippen molar-refractivity contribution in [3.8, 4) is 11.5 Å². The molecule has 0 aliphatic rings. The first-order chi connectivity index (χ1) is 9.04. The first kappa shape index (κ1) is 16.5. The molecule has 0 aliphatic carbocycles. The fourth-order valence-corrected chi connectivity index (χ4v) is 1.63. The number of hydrogen-bond donors (Lipinski definition) is 1. The van der Waals surface area contributed by atoms with Crippen LogP contribution in [-0.4, -0.2) is 46.2 Å². The Morgan fingerprint density at radius 2 is 2.15 bits per heavy atom. The van der Waals surface area contributed by atoms with Gasteiger partial charge in [0.1, 0.15) is 11.3 Å². The van der Waals surface area contributed by atoms with Gasteiger partial charge in [0.05, 0.1) is 16.9 Å². The summed E-state index contributed by atoms with van der Waals surface area (Å²) in [4.78, 5) is 21.1. The van der Waals surface area contributed by atoms with Crippen LogP contribution >= 0.6 is 0 Å². The van der Waals surface area contributed by atoms with E-state index in [9.17, 15) is 20.0 Å². The van der Waals surface area contributed by atoms with Crippen molar-refractivity contribution in [2.45, 2.75) is 13.3 Å². The molecule has 0 saturated heterocycles. The van der Waals surface area contributed by atoms with Crippen molar-refractivity contribution in [1.29, 1.82) is 0 Å². The predicted octanol–water partition coefficient (Wildman–Crippen LogP) is 1.55. The number of nitro groups is 1. The molecular formula is C12H12NNaO6. The molecule has 2 aromatic rings. The van der Waals surface area contributed by atoms with Gasteiger partial charge in [-0.2, -0.15) is 0 Å². The molecule has 1 heterocycles. The molecule has 0 fully saturated rings. The number of benzene rings is 1. The molecule has 0 unspecified atom stereocenters. The number of hydrogen-bond acceptors (Lipinski definition) is 6. The predicted molar refractivity (Wildman–Crippen MR) is 73.7 cm³/mol. The summed E-state index contributed by atoms with van der Waals surface area (Å²) in [6.07, 6.45) is 0.813. The van der Waals surface area contributed by atoms with E-state index in [4.69, 9.17) is 9.15 Å². The van der Waals surface area contributed by atoms with E-state index >= 15 is 0 Å². The molecule has 0 spiro atoms. The van der Waals surface area contributed by atoms with E-state index < -0.39 is 22.0 Å². The fourth-order valence-electron chi connectivity index (χ4n) is 1.63. The van der Waals surface area contributed by atoms with Crippen molar-refractivity contribution >= 4 is 46.2 Å². The van der Waals surface area contributed by atoms with Gasteiger partial charge in [0.15, 0.2) is 0 Å². The second kappa shape index (κ2) is 6.74. The Labute approximate surface area is 135 Å². The van der Waals surface area contributed by atoms with Crippen molar-refractivity contribution in [1.82, 2.24) is 0 Å². The van der Waals surface area contributed by atoms with Crippen molar-refractivity contribution < 1.29 is 19.2 Å². The summed E-state index contributed by atoms with van der Waals surface area (Å²) in [5.74, 6) is -0.232. The van der Waals surface area contributed by atoms with Crippen LogP contribution in [0.3, 0.4) is 0 Å². The summed E-state index contributed by atoms with van der Waals surface area (Å²) in [7, 11) is 0. The third-order valence-corrected chi connectivity index (χ3v) is 2.48. The normalized spacial score (nSPS) is 10.1. The van der Waals surface area contributed by atoms with Gasteiger partial charge in [-0.15, -0.1) is 0 Å². The Balaban J connectivity index is 0.00000200. The van der Waals surface area contributed by atoms with Crippen molar-refractivity contribution in [2.24, 2.45) is 0 Å². The van der Waals surface area contributed by atoms with Crippen molar-refractivity contribution in [3.63, 3.8) is 0 Å². The Hall–Kier alpha value is -1.57. The van der Waals surface area contributed by atoms with Gasteiger partial charge < -0.3 is 14.3 Å². The molecule has 1 N–H and O–H groups in total. The zero-order chi connectivity index (χ0) is 14.0. The average molecular weight is 289 g/mol. The van der Waals surface area contributed by atoms with Gasteiger partial charge in [0.2, 0.25) is 5.75 Å². The Morgan fingerprint density at radius 1 is 1.45 bits per heavy atom. The molecule has 7 nitrogen and oxygen atoms in total. The summed E-state index contributed by atoms with van der Waals surface area (Å²) >= 11 is 0.